The molecule has 102 valence electrons. The van der Waals surface area contributed by atoms with E-state index >= 15 is 0 Å². The van der Waals surface area contributed by atoms with E-state index < -0.39 is 0 Å². The van der Waals surface area contributed by atoms with E-state index in [9.17, 15) is 0 Å². The number of anilines is 1. The van der Waals surface area contributed by atoms with Gasteiger partial charge in [0, 0.05) is 26.7 Å². The standard InChI is InChI=1S/C15H22N4/c1-15(10-16-2)8-9-19(11-15)14-17-12-6-4-5-7-13(12)18(14)3/h4-7,16H,8-11H2,1-3H3. The average Bonchev–Trinajstić information content (AvgIpc) is 2.92. The maximum Gasteiger partial charge on any atom is 0.206 e. The third-order valence-corrected chi connectivity index (χ3v) is 4.21. The first-order chi connectivity index (χ1) is 9.13. The smallest absolute Gasteiger partial charge is 0.206 e. The molecule has 1 aromatic heterocycles. The summed E-state index contributed by atoms with van der Waals surface area (Å²) in [4.78, 5) is 7.20. The summed E-state index contributed by atoms with van der Waals surface area (Å²) in [5, 5.41) is 3.31. The van der Waals surface area contributed by atoms with E-state index in [1.54, 1.807) is 0 Å². The first-order valence-corrected chi connectivity index (χ1v) is 6.94. The summed E-state index contributed by atoms with van der Waals surface area (Å²) in [5.41, 5.74) is 2.65. The van der Waals surface area contributed by atoms with E-state index in [0.29, 0.717) is 5.41 Å². The van der Waals surface area contributed by atoms with Crippen LogP contribution in [0.3, 0.4) is 0 Å². The number of nitrogens with one attached hydrogen (secondary N) is 1. The van der Waals surface area contributed by atoms with Gasteiger partial charge in [0.1, 0.15) is 0 Å². The molecule has 0 saturated carbocycles. The van der Waals surface area contributed by atoms with Gasteiger partial charge in [-0.05, 0) is 31.0 Å². The van der Waals surface area contributed by atoms with Gasteiger partial charge in [-0.3, -0.25) is 0 Å². The summed E-state index contributed by atoms with van der Waals surface area (Å²) in [6, 6.07) is 8.34. The molecule has 2 heterocycles. The topological polar surface area (TPSA) is 33.1 Å². The third kappa shape index (κ3) is 2.10. The molecule has 2 aromatic rings. The number of para-hydroxylation sites is 2. The number of hydrogen-bond donors (Lipinski definition) is 1. The van der Waals surface area contributed by atoms with Crippen LogP contribution in [0.15, 0.2) is 24.3 Å². The number of hydrogen-bond acceptors (Lipinski definition) is 3. The molecule has 4 heteroatoms. The van der Waals surface area contributed by atoms with Crippen LogP contribution in [0.25, 0.3) is 11.0 Å². The molecular weight excluding hydrogens is 236 g/mol. The Morgan fingerprint density at radius 1 is 1.37 bits per heavy atom. The van der Waals surface area contributed by atoms with Gasteiger partial charge in [0.05, 0.1) is 11.0 Å². The molecular formula is C15H22N4. The Labute approximate surface area is 114 Å². The van der Waals surface area contributed by atoms with Crippen molar-refractivity contribution >= 4 is 17.0 Å². The molecule has 1 saturated heterocycles. The van der Waals surface area contributed by atoms with Crippen LogP contribution in [0, 0.1) is 5.41 Å². The lowest BCUT2D eigenvalue weighted by atomic mass is 9.90. The Hall–Kier alpha value is -1.55. The summed E-state index contributed by atoms with van der Waals surface area (Å²) in [5.74, 6) is 1.10. The fourth-order valence-electron chi connectivity index (χ4n) is 3.18. The van der Waals surface area contributed by atoms with Crippen molar-refractivity contribution in [2.45, 2.75) is 13.3 Å². The monoisotopic (exact) mass is 258 g/mol. The number of aromatic nitrogens is 2. The highest BCUT2D eigenvalue weighted by atomic mass is 15.3. The SMILES string of the molecule is CNCC1(C)CCN(c2nc3ccccc3n2C)C1. The van der Waals surface area contributed by atoms with Crippen LogP contribution >= 0.6 is 0 Å². The molecule has 0 aliphatic carbocycles. The number of fused-ring (bicyclic) bond motifs is 1. The Kier molecular flexibility index (Phi) is 2.97. The molecule has 0 amide bonds. The Balaban J connectivity index is 1.92. The molecule has 1 N–H and O–H groups in total. The van der Waals surface area contributed by atoms with Crippen molar-refractivity contribution in [2.24, 2.45) is 12.5 Å². The predicted molar refractivity (Wildman–Crippen MR) is 79.6 cm³/mol. The lowest BCUT2D eigenvalue weighted by Gasteiger charge is -2.24. The van der Waals surface area contributed by atoms with Gasteiger partial charge in [-0.15, -0.1) is 0 Å². The van der Waals surface area contributed by atoms with Gasteiger partial charge in [-0.25, -0.2) is 4.98 Å². The summed E-state index contributed by atoms with van der Waals surface area (Å²) >= 11 is 0. The molecule has 3 rings (SSSR count). The Bertz CT molecular complexity index is 589. The van der Waals surface area contributed by atoms with E-state index in [-0.39, 0.29) is 0 Å². The molecule has 1 aliphatic rings. The minimum Gasteiger partial charge on any atom is -0.342 e. The first-order valence-electron chi connectivity index (χ1n) is 6.94. The van der Waals surface area contributed by atoms with Crippen molar-refractivity contribution in [3.63, 3.8) is 0 Å². The fraction of sp³-hybridized carbons (Fsp3) is 0.533. The van der Waals surface area contributed by atoms with Crippen LogP contribution in [-0.2, 0) is 7.05 Å². The highest BCUT2D eigenvalue weighted by molar-refractivity contribution is 5.78. The van der Waals surface area contributed by atoms with Gasteiger partial charge >= 0.3 is 0 Å². The van der Waals surface area contributed by atoms with Gasteiger partial charge in [-0.2, -0.15) is 0 Å². The molecule has 1 fully saturated rings. The van der Waals surface area contributed by atoms with Crippen molar-refractivity contribution in [2.75, 3.05) is 31.6 Å². The third-order valence-electron chi connectivity index (χ3n) is 4.21. The summed E-state index contributed by atoms with van der Waals surface area (Å²) in [7, 11) is 4.14. The molecule has 0 radical (unpaired) electrons. The second kappa shape index (κ2) is 4.53. The number of rotatable bonds is 3. The highest BCUT2D eigenvalue weighted by Gasteiger charge is 2.34. The lowest BCUT2D eigenvalue weighted by Crippen LogP contribution is -2.33. The molecule has 4 nitrogen and oxygen atoms in total. The van der Waals surface area contributed by atoms with Gasteiger partial charge in [0.2, 0.25) is 5.95 Å². The van der Waals surface area contributed by atoms with E-state index in [4.69, 9.17) is 4.98 Å². The minimum absolute atomic E-state index is 0.354. The summed E-state index contributed by atoms with van der Waals surface area (Å²) in [6.45, 7) is 5.58. The molecule has 19 heavy (non-hydrogen) atoms. The van der Waals surface area contributed by atoms with E-state index in [1.165, 1.54) is 11.9 Å². The van der Waals surface area contributed by atoms with Crippen LogP contribution < -0.4 is 10.2 Å². The number of aryl methyl sites for hydroxylation is 1. The van der Waals surface area contributed by atoms with Crippen LogP contribution in [0.5, 0.6) is 0 Å². The Morgan fingerprint density at radius 3 is 2.89 bits per heavy atom. The second-order valence-corrected chi connectivity index (χ2v) is 5.97. The zero-order valence-electron chi connectivity index (χ0n) is 12.0. The van der Waals surface area contributed by atoms with Gasteiger partial charge in [-0.1, -0.05) is 19.1 Å². The van der Waals surface area contributed by atoms with Crippen molar-refractivity contribution < 1.29 is 0 Å². The molecule has 1 atom stereocenters. The fourth-order valence-corrected chi connectivity index (χ4v) is 3.18. The van der Waals surface area contributed by atoms with Crippen molar-refractivity contribution in [3.05, 3.63) is 24.3 Å². The van der Waals surface area contributed by atoms with E-state index in [0.717, 1.165) is 31.1 Å². The van der Waals surface area contributed by atoms with E-state index in [1.807, 2.05) is 13.1 Å². The van der Waals surface area contributed by atoms with E-state index in [2.05, 4.69) is 47.0 Å². The summed E-state index contributed by atoms with van der Waals surface area (Å²) < 4.78 is 2.21. The van der Waals surface area contributed by atoms with Crippen LogP contribution in [0.4, 0.5) is 5.95 Å². The largest absolute Gasteiger partial charge is 0.342 e. The predicted octanol–water partition coefficient (Wildman–Crippen LogP) is 2.01. The van der Waals surface area contributed by atoms with Gasteiger partial charge < -0.3 is 14.8 Å². The lowest BCUT2D eigenvalue weighted by molar-refractivity contribution is 0.355. The van der Waals surface area contributed by atoms with Crippen LogP contribution in [-0.4, -0.2) is 36.2 Å². The maximum atomic E-state index is 4.79. The normalized spacial score (nSPS) is 23.4. The van der Waals surface area contributed by atoms with Crippen LogP contribution in [0.2, 0.25) is 0 Å². The van der Waals surface area contributed by atoms with Crippen molar-refractivity contribution in [1.29, 1.82) is 0 Å². The second-order valence-electron chi connectivity index (χ2n) is 5.97. The van der Waals surface area contributed by atoms with Crippen LogP contribution in [0.1, 0.15) is 13.3 Å². The number of imidazole rings is 1. The quantitative estimate of drug-likeness (QED) is 0.914. The molecule has 1 aromatic carbocycles. The Morgan fingerprint density at radius 2 is 2.16 bits per heavy atom. The maximum absolute atomic E-state index is 4.79. The molecule has 0 spiro atoms. The first kappa shape index (κ1) is 12.5. The number of nitrogens with zero attached hydrogens (tertiary/aromatic N) is 3. The molecule has 0 bridgehead atoms. The van der Waals surface area contributed by atoms with Gasteiger partial charge in [0.25, 0.3) is 0 Å². The van der Waals surface area contributed by atoms with Gasteiger partial charge in [0.15, 0.2) is 0 Å². The molecule has 1 aliphatic heterocycles. The molecule has 1 unspecified atom stereocenters. The zero-order chi connectivity index (χ0) is 13.5. The summed E-state index contributed by atoms with van der Waals surface area (Å²) in [6.07, 6.45) is 1.22. The zero-order valence-corrected chi connectivity index (χ0v) is 12.0. The average molecular weight is 258 g/mol. The van der Waals surface area contributed by atoms with Crippen molar-refractivity contribution in [1.82, 2.24) is 14.9 Å². The minimum atomic E-state index is 0.354. The highest BCUT2D eigenvalue weighted by Crippen LogP contribution is 2.33. The van der Waals surface area contributed by atoms with Crippen molar-refractivity contribution in [3.8, 4) is 0 Å². The number of benzene rings is 1.